The van der Waals surface area contributed by atoms with Gasteiger partial charge in [-0.3, -0.25) is 0 Å². The van der Waals surface area contributed by atoms with Gasteiger partial charge in [0.25, 0.3) is 0 Å². The zero-order chi connectivity index (χ0) is 14.7. The van der Waals surface area contributed by atoms with Crippen molar-refractivity contribution in [2.45, 2.75) is 6.92 Å². The Kier molecular flexibility index (Phi) is 4.05. The lowest BCUT2D eigenvalue weighted by molar-refractivity contribution is 0.475. The van der Waals surface area contributed by atoms with E-state index >= 15 is 0 Å². The fourth-order valence-electron chi connectivity index (χ4n) is 2.13. The second-order valence-corrected chi connectivity index (χ2v) is 4.73. The molecule has 1 aromatic carbocycles. The van der Waals surface area contributed by atoms with E-state index in [-0.39, 0.29) is 5.75 Å². The number of rotatable bonds is 3. The van der Waals surface area contributed by atoms with E-state index in [1.54, 1.807) is 18.2 Å². The molecule has 0 spiro atoms. The first kappa shape index (κ1) is 14.1. The molecular formula is C16H16N2OS. The maximum absolute atomic E-state index is 9.43. The molecule has 20 heavy (non-hydrogen) atoms. The van der Waals surface area contributed by atoms with Crippen molar-refractivity contribution in [1.29, 1.82) is 0 Å². The zero-order valence-corrected chi connectivity index (χ0v) is 12.0. The maximum Gasteiger partial charge on any atom is 0.115 e. The van der Waals surface area contributed by atoms with Crippen LogP contribution in [0.3, 0.4) is 0 Å². The van der Waals surface area contributed by atoms with Crippen molar-refractivity contribution in [2.75, 3.05) is 5.73 Å². The Bertz CT molecular complexity index is 727. The number of hydrogen-bond donors (Lipinski definition) is 3. The van der Waals surface area contributed by atoms with Gasteiger partial charge in [0.15, 0.2) is 0 Å². The van der Waals surface area contributed by atoms with Gasteiger partial charge in [0.1, 0.15) is 16.2 Å². The molecule has 2 aromatic rings. The SMILES string of the molecule is C=Cc1c(N)[nH]c(=S)c(/C=C/C)c1-c1ccc(O)cc1. The molecule has 0 aliphatic rings. The Hall–Kier alpha value is -2.33. The van der Waals surface area contributed by atoms with Crippen molar-refractivity contribution in [3.05, 3.63) is 52.7 Å². The smallest absolute Gasteiger partial charge is 0.115 e. The number of nitrogens with one attached hydrogen (secondary N) is 1. The highest BCUT2D eigenvalue weighted by Gasteiger charge is 2.12. The van der Waals surface area contributed by atoms with E-state index in [1.165, 1.54) is 0 Å². The third-order valence-electron chi connectivity index (χ3n) is 3.02. The molecule has 0 aliphatic heterocycles. The van der Waals surface area contributed by atoms with E-state index in [4.69, 9.17) is 18.0 Å². The fraction of sp³-hybridized carbons (Fsp3) is 0.0625. The van der Waals surface area contributed by atoms with E-state index in [2.05, 4.69) is 11.6 Å². The Morgan fingerprint density at radius 2 is 1.90 bits per heavy atom. The third kappa shape index (κ3) is 2.51. The second kappa shape index (κ2) is 5.75. The van der Waals surface area contributed by atoms with Crippen LogP contribution in [0.2, 0.25) is 0 Å². The number of aromatic hydroxyl groups is 1. The maximum atomic E-state index is 9.43. The molecule has 4 N–H and O–H groups in total. The van der Waals surface area contributed by atoms with Crippen LogP contribution in [0.4, 0.5) is 5.82 Å². The van der Waals surface area contributed by atoms with Crippen LogP contribution in [0.1, 0.15) is 18.1 Å². The number of anilines is 1. The summed E-state index contributed by atoms with van der Waals surface area (Å²) in [4.78, 5) is 2.99. The van der Waals surface area contributed by atoms with Gasteiger partial charge >= 0.3 is 0 Å². The molecule has 1 aromatic heterocycles. The predicted octanol–water partition coefficient (Wildman–Crippen LogP) is 4.38. The van der Waals surface area contributed by atoms with Crippen LogP contribution in [0, 0.1) is 4.64 Å². The van der Waals surface area contributed by atoms with Crippen molar-refractivity contribution >= 4 is 30.2 Å². The summed E-state index contributed by atoms with van der Waals surface area (Å²) in [5.41, 5.74) is 9.53. The lowest BCUT2D eigenvalue weighted by atomic mass is 9.95. The molecule has 2 rings (SSSR count). The van der Waals surface area contributed by atoms with Gasteiger partial charge in [-0.1, -0.05) is 49.2 Å². The number of phenols is 1. The molecule has 1 heterocycles. The number of hydrogen-bond acceptors (Lipinski definition) is 3. The van der Waals surface area contributed by atoms with Gasteiger partial charge < -0.3 is 15.8 Å². The largest absolute Gasteiger partial charge is 0.508 e. The fourth-order valence-corrected chi connectivity index (χ4v) is 2.41. The molecule has 4 heteroatoms. The van der Waals surface area contributed by atoms with Crippen LogP contribution in [-0.2, 0) is 0 Å². The van der Waals surface area contributed by atoms with Crippen LogP contribution in [0.25, 0.3) is 23.3 Å². The normalized spacial score (nSPS) is 10.8. The summed E-state index contributed by atoms with van der Waals surface area (Å²) in [5, 5.41) is 9.43. The summed E-state index contributed by atoms with van der Waals surface area (Å²) < 4.78 is 0.578. The zero-order valence-electron chi connectivity index (χ0n) is 11.2. The quantitative estimate of drug-likeness (QED) is 0.733. The number of H-pyrrole nitrogens is 1. The van der Waals surface area contributed by atoms with E-state index in [1.807, 2.05) is 31.2 Å². The summed E-state index contributed by atoms with van der Waals surface area (Å²) in [6.45, 7) is 5.75. The first-order valence-corrected chi connectivity index (χ1v) is 6.59. The molecule has 0 aliphatic carbocycles. The van der Waals surface area contributed by atoms with E-state index in [0.717, 1.165) is 22.3 Å². The summed E-state index contributed by atoms with van der Waals surface area (Å²) >= 11 is 5.36. The molecule has 3 nitrogen and oxygen atoms in total. The summed E-state index contributed by atoms with van der Waals surface area (Å²) in [6, 6.07) is 6.94. The van der Waals surface area contributed by atoms with Gasteiger partial charge in [-0.25, -0.2) is 0 Å². The predicted molar refractivity (Wildman–Crippen MR) is 87.9 cm³/mol. The van der Waals surface area contributed by atoms with E-state index in [9.17, 15) is 5.11 Å². The molecule has 0 fully saturated rings. The minimum atomic E-state index is 0.218. The molecule has 0 atom stereocenters. The summed E-state index contributed by atoms with van der Waals surface area (Å²) in [6.07, 6.45) is 5.56. The molecule has 0 unspecified atom stereocenters. The molecule has 0 saturated heterocycles. The second-order valence-electron chi connectivity index (χ2n) is 4.32. The molecule has 0 amide bonds. The number of nitrogen functional groups attached to an aromatic ring is 1. The van der Waals surface area contributed by atoms with Crippen molar-refractivity contribution in [3.8, 4) is 16.9 Å². The number of phenolic OH excluding ortho intramolecular Hbond substituents is 1. The number of aromatic nitrogens is 1. The lowest BCUT2D eigenvalue weighted by Crippen LogP contribution is -2.00. The van der Waals surface area contributed by atoms with Crippen LogP contribution >= 0.6 is 12.2 Å². The Morgan fingerprint density at radius 3 is 2.45 bits per heavy atom. The van der Waals surface area contributed by atoms with Gasteiger partial charge in [0, 0.05) is 16.7 Å². The number of pyridine rings is 1. The monoisotopic (exact) mass is 284 g/mol. The molecule has 0 bridgehead atoms. The van der Waals surface area contributed by atoms with Crippen molar-refractivity contribution in [2.24, 2.45) is 0 Å². The summed E-state index contributed by atoms with van der Waals surface area (Å²) in [7, 11) is 0. The standard InChI is InChI=1S/C16H16N2OS/c1-3-5-13-14(10-6-8-11(19)9-7-10)12(4-2)15(17)18-16(13)20/h3-9,19H,2H2,1H3,(H3,17,18,20)/b5-3+. The van der Waals surface area contributed by atoms with Crippen LogP contribution in [-0.4, -0.2) is 10.1 Å². The first-order chi connectivity index (χ1) is 9.58. The van der Waals surface area contributed by atoms with Crippen LogP contribution in [0.5, 0.6) is 5.75 Å². The average molecular weight is 284 g/mol. The Balaban J connectivity index is 2.86. The topological polar surface area (TPSA) is 62.0 Å². The van der Waals surface area contributed by atoms with Gasteiger partial charge in [0.05, 0.1) is 0 Å². The number of nitrogens with two attached hydrogens (primary N) is 1. The van der Waals surface area contributed by atoms with Crippen molar-refractivity contribution < 1.29 is 5.11 Å². The van der Waals surface area contributed by atoms with Gasteiger partial charge in [-0.05, 0) is 24.6 Å². The number of benzene rings is 1. The Labute approximate surface area is 123 Å². The highest BCUT2D eigenvalue weighted by molar-refractivity contribution is 7.71. The highest BCUT2D eigenvalue weighted by atomic mass is 32.1. The van der Waals surface area contributed by atoms with Crippen molar-refractivity contribution in [3.63, 3.8) is 0 Å². The summed E-state index contributed by atoms with van der Waals surface area (Å²) in [5.74, 6) is 0.705. The number of allylic oxidation sites excluding steroid dienone is 1. The molecular weight excluding hydrogens is 268 g/mol. The first-order valence-electron chi connectivity index (χ1n) is 6.18. The number of aromatic amines is 1. The molecule has 0 saturated carbocycles. The lowest BCUT2D eigenvalue weighted by Gasteiger charge is -2.13. The molecule has 0 radical (unpaired) electrons. The van der Waals surface area contributed by atoms with Gasteiger partial charge in [-0.15, -0.1) is 0 Å². The van der Waals surface area contributed by atoms with Gasteiger partial charge in [0.2, 0.25) is 0 Å². The Morgan fingerprint density at radius 1 is 1.25 bits per heavy atom. The van der Waals surface area contributed by atoms with E-state index < -0.39 is 0 Å². The highest BCUT2D eigenvalue weighted by Crippen LogP contribution is 2.33. The third-order valence-corrected chi connectivity index (χ3v) is 3.34. The van der Waals surface area contributed by atoms with Gasteiger partial charge in [-0.2, -0.15) is 0 Å². The molecule has 102 valence electrons. The average Bonchev–Trinajstić information content (AvgIpc) is 2.42. The van der Waals surface area contributed by atoms with E-state index in [0.29, 0.717) is 10.5 Å². The minimum Gasteiger partial charge on any atom is -0.508 e. The van der Waals surface area contributed by atoms with Crippen LogP contribution < -0.4 is 5.73 Å². The minimum absolute atomic E-state index is 0.218. The van der Waals surface area contributed by atoms with Crippen LogP contribution in [0.15, 0.2) is 36.9 Å². The van der Waals surface area contributed by atoms with Crippen molar-refractivity contribution in [1.82, 2.24) is 4.98 Å².